The number of amides is 1. The third-order valence-corrected chi connectivity index (χ3v) is 7.73. The first kappa shape index (κ1) is 22.9. The molecule has 0 N–H and O–H groups in total. The summed E-state index contributed by atoms with van der Waals surface area (Å²) in [7, 11) is 1.65. The number of fused-ring (bicyclic) bond motifs is 3. The van der Waals surface area contributed by atoms with E-state index in [0.29, 0.717) is 32.5 Å². The van der Waals surface area contributed by atoms with Gasteiger partial charge in [0.1, 0.15) is 17.1 Å². The molecule has 6 heteroatoms. The van der Waals surface area contributed by atoms with Crippen molar-refractivity contribution in [3.8, 4) is 5.75 Å². The van der Waals surface area contributed by atoms with Gasteiger partial charge in [-0.3, -0.25) is 9.69 Å². The van der Waals surface area contributed by atoms with Crippen molar-refractivity contribution in [3.63, 3.8) is 0 Å². The number of anilines is 1. The standard InChI is InChI=1S/C28H33NO5/c1-26(2,3)34-25(31)29-23-11-10-21(32-4)17-22(23)27(24-16-20(30)12-13-28(24,27)29)14-15-33-18-19-8-6-5-7-9-19/h5-11,17,24H,12-16,18H2,1-4H3/t24-,27-,28+/m0/s1. The lowest BCUT2D eigenvalue weighted by Gasteiger charge is -2.34. The minimum absolute atomic E-state index is 0.0636. The van der Waals surface area contributed by atoms with Crippen molar-refractivity contribution in [1.29, 1.82) is 0 Å². The maximum absolute atomic E-state index is 13.6. The third kappa shape index (κ3) is 3.42. The molecule has 3 atom stereocenters. The van der Waals surface area contributed by atoms with Gasteiger partial charge < -0.3 is 14.2 Å². The number of methoxy groups -OCH3 is 1. The molecule has 2 aromatic carbocycles. The summed E-state index contributed by atoms with van der Waals surface area (Å²) in [5, 5.41) is 0. The summed E-state index contributed by atoms with van der Waals surface area (Å²) >= 11 is 0. The average molecular weight is 464 g/mol. The highest BCUT2D eigenvalue weighted by Crippen LogP contribution is 2.78. The molecular formula is C28H33NO5. The lowest BCUT2D eigenvalue weighted by Crippen LogP contribution is -2.48. The molecule has 2 aliphatic carbocycles. The number of carbonyl (C=O) groups excluding carboxylic acids is 2. The molecule has 180 valence electrons. The molecule has 6 nitrogen and oxygen atoms in total. The zero-order valence-electron chi connectivity index (χ0n) is 20.4. The van der Waals surface area contributed by atoms with E-state index in [-0.39, 0.29) is 23.2 Å². The van der Waals surface area contributed by atoms with E-state index < -0.39 is 11.1 Å². The third-order valence-electron chi connectivity index (χ3n) is 7.73. The molecule has 1 spiro atoms. The quantitative estimate of drug-likeness (QED) is 0.536. The summed E-state index contributed by atoms with van der Waals surface area (Å²) in [6.45, 7) is 6.72. The Hall–Kier alpha value is -2.86. The van der Waals surface area contributed by atoms with Crippen LogP contribution in [-0.4, -0.2) is 36.7 Å². The van der Waals surface area contributed by atoms with Crippen molar-refractivity contribution >= 4 is 17.6 Å². The van der Waals surface area contributed by atoms with E-state index in [9.17, 15) is 9.59 Å². The van der Waals surface area contributed by atoms with Crippen LogP contribution < -0.4 is 9.64 Å². The summed E-state index contributed by atoms with van der Waals surface area (Å²) in [6.07, 6.45) is 1.99. The molecule has 3 aliphatic rings. The number of nitrogens with zero attached hydrogens (tertiary/aromatic N) is 1. The minimum atomic E-state index is -0.612. The number of rotatable bonds is 6. The Morgan fingerprint density at radius 3 is 2.62 bits per heavy atom. The van der Waals surface area contributed by atoms with E-state index in [4.69, 9.17) is 14.2 Å². The summed E-state index contributed by atoms with van der Waals surface area (Å²) < 4.78 is 17.5. The maximum atomic E-state index is 13.6. The maximum Gasteiger partial charge on any atom is 0.415 e. The molecule has 1 heterocycles. The van der Waals surface area contributed by atoms with Crippen molar-refractivity contribution in [1.82, 2.24) is 0 Å². The van der Waals surface area contributed by atoms with Gasteiger partial charge in [-0.2, -0.15) is 0 Å². The lowest BCUT2D eigenvalue weighted by atomic mass is 9.88. The van der Waals surface area contributed by atoms with Gasteiger partial charge in [0.25, 0.3) is 0 Å². The van der Waals surface area contributed by atoms with Gasteiger partial charge in [-0.1, -0.05) is 30.3 Å². The molecule has 0 saturated heterocycles. The van der Waals surface area contributed by atoms with Gasteiger partial charge in [0.05, 0.1) is 24.9 Å². The fourth-order valence-corrected chi connectivity index (χ4v) is 6.46. The van der Waals surface area contributed by atoms with E-state index in [1.807, 2.05) is 62.1 Å². The summed E-state index contributed by atoms with van der Waals surface area (Å²) in [4.78, 5) is 28.0. The van der Waals surface area contributed by atoms with Crippen molar-refractivity contribution in [2.24, 2.45) is 5.92 Å². The van der Waals surface area contributed by atoms with E-state index in [0.717, 1.165) is 29.0 Å². The molecule has 2 fully saturated rings. The summed E-state index contributed by atoms with van der Waals surface area (Å²) in [5.41, 5.74) is 1.66. The number of carbonyl (C=O) groups is 2. The van der Waals surface area contributed by atoms with Crippen LogP contribution in [-0.2, 0) is 26.3 Å². The van der Waals surface area contributed by atoms with Gasteiger partial charge in [0.15, 0.2) is 0 Å². The predicted molar refractivity (Wildman–Crippen MR) is 129 cm³/mol. The SMILES string of the molecule is COc1ccc2c(c1)[C@@]1(CCOCc3ccccc3)[C@@H]3CC(=O)CC[C@@]31N2C(=O)OC(C)(C)C. The van der Waals surface area contributed by atoms with E-state index >= 15 is 0 Å². The monoisotopic (exact) mass is 463 g/mol. The van der Waals surface area contributed by atoms with Gasteiger partial charge in [-0.25, -0.2) is 4.79 Å². The molecule has 1 amide bonds. The van der Waals surface area contributed by atoms with Crippen LogP contribution in [0.4, 0.5) is 10.5 Å². The molecule has 0 unspecified atom stereocenters. The van der Waals surface area contributed by atoms with E-state index in [1.165, 1.54) is 0 Å². The van der Waals surface area contributed by atoms with Crippen molar-refractivity contribution in [2.45, 2.75) is 69.6 Å². The van der Waals surface area contributed by atoms with Crippen LogP contribution in [0.2, 0.25) is 0 Å². The van der Waals surface area contributed by atoms with Crippen molar-refractivity contribution < 1.29 is 23.8 Å². The Balaban J connectivity index is 1.50. The van der Waals surface area contributed by atoms with Crippen LogP contribution in [0.25, 0.3) is 0 Å². The van der Waals surface area contributed by atoms with Crippen LogP contribution in [0.15, 0.2) is 48.5 Å². The van der Waals surface area contributed by atoms with Gasteiger partial charge in [-0.15, -0.1) is 0 Å². The molecule has 34 heavy (non-hydrogen) atoms. The highest BCUT2D eigenvalue weighted by atomic mass is 16.6. The van der Waals surface area contributed by atoms with Gasteiger partial charge in [-0.05, 0) is 62.9 Å². The molecule has 5 rings (SSSR count). The number of ketones is 1. The highest BCUT2D eigenvalue weighted by molar-refractivity contribution is 5.99. The zero-order valence-corrected chi connectivity index (χ0v) is 20.4. The molecule has 2 aromatic rings. The van der Waals surface area contributed by atoms with Crippen molar-refractivity contribution in [3.05, 3.63) is 59.7 Å². The van der Waals surface area contributed by atoms with Crippen LogP contribution in [0.5, 0.6) is 5.75 Å². The first-order valence-corrected chi connectivity index (χ1v) is 12.1. The zero-order chi connectivity index (χ0) is 24.1. The largest absolute Gasteiger partial charge is 0.497 e. The Bertz CT molecular complexity index is 1110. The highest BCUT2D eigenvalue weighted by Gasteiger charge is 2.84. The molecular weight excluding hydrogens is 430 g/mol. The second-order valence-electron chi connectivity index (χ2n) is 10.7. The van der Waals surface area contributed by atoms with Crippen molar-refractivity contribution in [2.75, 3.05) is 18.6 Å². The van der Waals surface area contributed by atoms with Gasteiger partial charge in [0.2, 0.25) is 0 Å². The number of hydrogen-bond acceptors (Lipinski definition) is 5. The number of ether oxygens (including phenoxy) is 3. The predicted octanol–water partition coefficient (Wildman–Crippen LogP) is 5.42. The van der Waals surface area contributed by atoms with E-state index in [2.05, 4.69) is 12.1 Å². The minimum Gasteiger partial charge on any atom is -0.497 e. The van der Waals surface area contributed by atoms with Crippen LogP contribution in [0.1, 0.15) is 57.6 Å². The topological polar surface area (TPSA) is 65.1 Å². The Morgan fingerprint density at radius 1 is 1.15 bits per heavy atom. The second-order valence-corrected chi connectivity index (χ2v) is 10.7. The summed E-state index contributed by atoms with van der Waals surface area (Å²) in [5.74, 6) is 1.08. The molecule has 1 aliphatic heterocycles. The second kappa shape index (κ2) is 8.12. The Labute approximate surface area is 201 Å². The molecule has 2 saturated carbocycles. The number of benzene rings is 2. The van der Waals surface area contributed by atoms with Gasteiger partial charge >= 0.3 is 6.09 Å². The fraction of sp³-hybridized carbons (Fsp3) is 0.500. The Morgan fingerprint density at radius 2 is 1.91 bits per heavy atom. The first-order valence-electron chi connectivity index (χ1n) is 12.1. The molecule has 0 radical (unpaired) electrons. The fourth-order valence-electron chi connectivity index (χ4n) is 6.46. The van der Waals surface area contributed by atoms with Crippen LogP contribution in [0, 0.1) is 5.92 Å². The molecule has 0 bridgehead atoms. The van der Waals surface area contributed by atoms with Gasteiger partial charge in [0, 0.05) is 30.8 Å². The normalized spacial score (nSPS) is 27.0. The van der Waals surface area contributed by atoms with Crippen LogP contribution >= 0.6 is 0 Å². The van der Waals surface area contributed by atoms with E-state index in [1.54, 1.807) is 7.11 Å². The van der Waals surface area contributed by atoms with Crippen LogP contribution in [0.3, 0.4) is 0 Å². The average Bonchev–Trinajstić information content (AvgIpc) is 3.28. The molecule has 0 aromatic heterocycles. The number of Topliss-reactive ketones (excluding diaryl/α,β-unsaturated/α-hetero) is 1. The lowest BCUT2D eigenvalue weighted by molar-refractivity contribution is -0.120. The Kier molecular flexibility index (Phi) is 5.47. The smallest absolute Gasteiger partial charge is 0.415 e. The number of hydrogen-bond donors (Lipinski definition) is 0. The summed E-state index contributed by atoms with van der Waals surface area (Å²) in [6, 6.07) is 16.0. The first-order chi connectivity index (χ1) is 16.2.